The molecule has 0 bridgehead atoms. The Kier molecular flexibility index (Phi) is 4.91. The molecule has 0 saturated heterocycles. The van der Waals surface area contributed by atoms with Gasteiger partial charge in [-0.1, -0.05) is 42.2 Å². The smallest absolute Gasteiger partial charge is 0.335 e. The fourth-order valence-corrected chi connectivity index (χ4v) is 3.48. The molecule has 6 nitrogen and oxygen atoms in total. The molecule has 0 unspecified atom stereocenters. The van der Waals surface area contributed by atoms with Crippen molar-refractivity contribution in [3.63, 3.8) is 0 Å². The number of aromatic nitrogens is 4. The summed E-state index contributed by atoms with van der Waals surface area (Å²) in [5.41, 5.74) is 1.98. The van der Waals surface area contributed by atoms with Crippen molar-refractivity contribution in [2.45, 2.75) is 25.5 Å². The number of rotatable bonds is 4. The first-order chi connectivity index (χ1) is 12.0. The summed E-state index contributed by atoms with van der Waals surface area (Å²) in [5, 5.41) is 1.09. The van der Waals surface area contributed by atoms with Crippen molar-refractivity contribution in [1.82, 2.24) is 19.1 Å². The molecule has 130 valence electrons. The topological polar surface area (TPSA) is 61.9 Å². The molecule has 2 heterocycles. The van der Waals surface area contributed by atoms with Gasteiger partial charge < -0.3 is 4.74 Å². The van der Waals surface area contributed by atoms with Gasteiger partial charge in [0.15, 0.2) is 10.8 Å². The molecule has 3 rings (SSSR count). The molecule has 0 N–H and O–H groups in total. The van der Waals surface area contributed by atoms with Gasteiger partial charge in [0, 0.05) is 6.54 Å². The van der Waals surface area contributed by atoms with Crippen LogP contribution in [0.15, 0.2) is 34.2 Å². The molecule has 0 aliphatic heterocycles. The quantitative estimate of drug-likeness (QED) is 0.396. The van der Waals surface area contributed by atoms with Crippen LogP contribution in [0.3, 0.4) is 0 Å². The van der Waals surface area contributed by atoms with E-state index in [1.165, 1.54) is 16.3 Å². The highest BCUT2D eigenvalue weighted by molar-refractivity contribution is 7.98. The van der Waals surface area contributed by atoms with Gasteiger partial charge in [-0.3, -0.25) is 4.57 Å². The van der Waals surface area contributed by atoms with Gasteiger partial charge in [-0.05, 0) is 31.7 Å². The summed E-state index contributed by atoms with van der Waals surface area (Å²) in [4.78, 5) is 22.1. The van der Waals surface area contributed by atoms with E-state index >= 15 is 0 Å². The zero-order chi connectivity index (χ0) is 18.1. The maximum Gasteiger partial charge on any atom is 0.335 e. The molecule has 0 aliphatic rings. The summed E-state index contributed by atoms with van der Waals surface area (Å²) in [7, 11) is 1.54. The number of fused-ring (bicyclic) bond motifs is 1. The van der Waals surface area contributed by atoms with Gasteiger partial charge in [0.2, 0.25) is 5.88 Å². The van der Waals surface area contributed by atoms with E-state index in [9.17, 15) is 4.79 Å². The Bertz CT molecular complexity index is 1070. The van der Waals surface area contributed by atoms with E-state index in [-0.39, 0.29) is 5.69 Å². The minimum Gasteiger partial charge on any atom is -0.480 e. The Morgan fingerprint density at radius 3 is 2.60 bits per heavy atom. The number of methoxy groups -OCH3 is 1. The lowest BCUT2D eigenvalue weighted by Gasteiger charge is -2.17. The minimum atomic E-state index is -0.220. The second-order valence-electron chi connectivity index (χ2n) is 5.37. The van der Waals surface area contributed by atoms with E-state index in [1.807, 2.05) is 44.4 Å². The van der Waals surface area contributed by atoms with Crippen molar-refractivity contribution in [2.24, 2.45) is 0 Å². The molecule has 1 aromatic carbocycles. The third-order valence-corrected chi connectivity index (χ3v) is 4.95. The van der Waals surface area contributed by atoms with E-state index in [0.29, 0.717) is 33.3 Å². The molecule has 0 fully saturated rings. The summed E-state index contributed by atoms with van der Waals surface area (Å²) in [6.45, 7) is 4.29. The van der Waals surface area contributed by atoms with Crippen LogP contribution in [-0.4, -0.2) is 32.5 Å². The van der Waals surface area contributed by atoms with Crippen molar-refractivity contribution < 1.29 is 4.74 Å². The number of thioether (sulfide) groups is 1. The monoisotopic (exact) mass is 374 g/mol. The highest BCUT2D eigenvalue weighted by Crippen LogP contribution is 2.27. The van der Waals surface area contributed by atoms with Crippen molar-refractivity contribution in [2.75, 3.05) is 13.4 Å². The molecule has 2 aromatic heterocycles. The van der Waals surface area contributed by atoms with E-state index in [0.717, 1.165) is 11.3 Å². The molecule has 0 aliphatic carbocycles. The zero-order valence-electron chi connectivity index (χ0n) is 14.4. The average Bonchev–Trinajstić information content (AvgIpc) is 2.62. The second kappa shape index (κ2) is 6.97. The summed E-state index contributed by atoms with van der Waals surface area (Å²) in [5.74, 6) is 0.379. The third-order valence-electron chi connectivity index (χ3n) is 3.98. The molecular formula is C17H18N4O2S2. The molecule has 0 spiro atoms. The normalized spacial score (nSPS) is 11.0. The maximum absolute atomic E-state index is 13.1. The van der Waals surface area contributed by atoms with Crippen LogP contribution in [0.25, 0.3) is 16.7 Å². The first-order valence-corrected chi connectivity index (χ1v) is 9.38. The van der Waals surface area contributed by atoms with E-state index < -0.39 is 0 Å². The molecule has 0 amide bonds. The Balaban J connectivity index is 2.62. The van der Waals surface area contributed by atoms with Crippen LogP contribution >= 0.6 is 24.0 Å². The highest BCUT2D eigenvalue weighted by atomic mass is 32.2. The van der Waals surface area contributed by atoms with Gasteiger partial charge in [0.1, 0.15) is 10.0 Å². The number of para-hydroxylation sites is 1. The van der Waals surface area contributed by atoms with Gasteiger partial charge in [0.05, 0.1) is 12.8 Å². The molecule has 0 radical (unpaired) electrons. The van der Waals surface area contributed by atoms with Crippen molar-refractivity contribution in [3.8, 4) is 11.6 Å². The van der Waals surface area contributed by atoms with Gasteiger partial charge >= 0.3 is 5.69 Å². The van der Waals surface area contributed by atoms with E-state index in [1.54, 1.807) is 11.7 Å². The Hall–Kier alpha value is -2.19. The predicted octanol–water partition coefficient (Wildman–Crippen LogP) is 3.37. The Morgan fingerprint density at radius 2 is 2.00 bits per heavy atom. The fourth-order valence-electron chi connectivity index (χ4n) is 2.74. The molecule has 8 heteroatoms. The number of benzene rings is 1. The molecular weight excluding hydrogens is 356 g/mol. The zero-order valence-corrected chi connectivity index (χ0v) is 16.1. The SMILES string of the molecule is CCn1c(=S)c2c(OC)nc(SC)nc2n(-c2ccccc2C)c1=O. The lowest BCUT2D eigenvalue weighted by Crippen LogP contribution is -2.31. The van der Waals surface area contributed by atoms with E-state index in [4.69, 9.17) is 17.0 Å². The van der Waals surface area contributed by atoms with Crippen molar-refractivity contribution >= 4 is 35.0 Å². The Morgan fingerprint density at radius 1 is 1.28 bits per heavy atom. The summed E-state index contributed by atoms with van der Waals surface area (Å²) >= 11 is 6.92. The number of ether oxygens (including phenoxy) is 1. The van der Waals surface area contributed by atoms with Crippen LogP contribution in [0.2, 0.25) is 0 Å². The van der Waals surface area contributed by atoms with Gasteiger partial charge in [-0.25, -0.2) is 14.3 Å². The van der Waals surface area contributed by atoms with Crippen LogP contribution in [-0.2, 0) is 6.54 Å². The molecule has 25 heavy (non-hydrogen) atoms. The van der Waals surface area contributed by atoms with Crippen LogP contribution in [0, 0.1) is 11.6 Å². The number of hydrogen-bond donors (Lipinski definition) is 0. The first kappa shape index (κ1) is 17.6. The highest BCUT2D eigenvalue weighted by Gasteiger charge is 2.19. The van der Waals surface area contributed by atoms with Crippen LogP contribution < -0.4 is 10.4 Å². The molecule has 3 aromatic rings. The molecule has 0 atom stereocenters. The fraction of sp³-hybridized carbons (Fsp3) is 0.294. The van der Waals surface area contributed by atoms with Crippen LogP contribution in [0.1, 0.15) is 12.5 Å². The summed E-state index contributed by atoms with van der Waals surface area (Å²) in [6.07, 6.45) is 1.88. The van der Waals surface area contributed by atoms with Gasteiger partial charge in [-0.2, -0.15) is 4.98 Å². The van der Waals surface area contributed by atoms with Crippen molar-refractivity contribution in [3.05, 3.63) is 45.0 Å². The predicted molar refractivity (Wildman–Crippen MR) is 103 cm³/mol. The number of hydrogen-bond acceptors (Lipinski definition) is 6. The first-order valence-electron chi connectivity index (χ1n) is 7.75. The van der Waals surface area contributed by atoms with Gasteiger partial charge in [-0.15, -0.1) is 0 Å². The summed E-state index contributed by atoms with van der Waals surface area (Å²) < 4.78 is 8.97. The largest absolute Gasteiger partial charge is 0.480 e. The lowest BCUT2D eigenvalue weighted by molar-refractivity contribution is 0.397. The average molecular weight is 374 g/mol. The van der Waals surface area contributed by atoms with E-state index in [2.05, 4.69) is 9.97 Å². The minimum absolute atomic E-state index is 0.220. The number of aryl methyl sites for hydroxylation is 1. The lowest BCUT2D eigenvalue weighted by atomic mass is 10.2. The van der Waals surface area contributed by atoms with Crippen LogP contribution in [0.4, 0.5) is 0 Å². The van der Waals surface area contributed by atoms with Crippen LogP contribution in [0.5, 0.6) is 5.88 Å². The second-order valence-corrected chi connectivity index (χ2v) is 6.53. The Labute approximate surface area is 154 Å². The maximum atomic E-state index is 13.1. The van der Waals surface area contributed by atoms with Gasteiger partial charge in [0.25, 0.3) is 0 Å². The molecule has 0 saturated carbocycles. The summed E-state index contributed by atoms with van der Waals surface area (Å²) in [6, 6.07) is 7.68. The third kappa shape index (κ3) is 2.85. The van der Waals surface area contributed by atoms with Crippen molar-refractivity contribution in [1.29, 1.82) is 0 Å². The standard InChI is InChI=1S/C17H18N4O2S2/c1-5-20-15(24)12-13(18-16(25-4)19-14(12)23-3)21(17(20)22)11-9-7-6-8-10(11)2/h6-9H,5H2,1-4H3. The number of nitrogens with zero attached hydrogens (tertiary/aromatic N) is 4.